The molecule has 120 valence electrons. The number of β-amino-alcohol motifs (C(OH)–C–C–N with tert-alkyl or cyclic N) is 2. The van der Waals surface area contributed by atoms with Crippen LogP contribution in [0.3, 0.4) is 0 Å². The molecule has 4 N–H and O–H groups in total. The number of aliphatic hydroxyl groups excluding tert-OH is 2. The number of hydrogen-bond acceptors (Lipinski definition) is 6. The minimum atomic E-state index is 0.220. The summed E-state index contributed by atoms with van der Waals surface area (Å²) in [5.74, 6) is 0. The molecule has 0 aliphatic carbocycles. The summed E-state index contributed by atoms with van der Waals surface area (Å²) in [6.07, 6.45) is 2.22. The molecule has 0 bridgehead atoms. The average Bonchev–Trinajstić information content (AvgIpc) is 2.45. The van der Waals surface area contributed by atoms with Crippen LogP contribution in [0, 0.1) is 0 Å². The molecule has 1 aliphatic heterocycles. The molecule has 0 atom stereocenters. The van der Waals surface area contributed by atoms with Crippen molar-refractivity contribution in [1.29, 1.82) is 0 Å². The van der Waals surface area contributed by atoms with Crippen LogP contribution in [0.25, 0.3) is 0 Å². The fraction of sp³-hybridized carbons (Fsp3) is 1.00. The van der Waals surface area contributed by atoms with E-state index in [2.05, 4.69) is 20.4 Å². The summed E-state index contributed by atoms with van der Waals surface area (Å²) in [4.78, 5) is 4.63. The van der Waals surface area contributed by atoms with E-state index < -0.39 is 0 Å². The van der Waals surface area contributed by atoms with Gasteiger partial charge < -0.3 is 20.8 Å². The van der Waals surface area contributed by atoms with Crippen LogP contribution >= 0.6 is 0 Å². The second kappa shape index (κ2) is 12.5. The second-order valence-corrected chi connectivity index (χ2v) is 5.34. The zero-order valence-electron chi connectivity index (χ0n) is 12.7. The van der Waals surface area contributed by atoms with E-state index in [0.29, 0.717) is 0 Å². The molecule has 20 heavy (non-hydrogen) atoms. The van der Waals surface area contributed by atoms with Crippen LogP contribution in [0.15, 0.2) is 0 Å². The monoisotopic (exact) mass is 288 g/mol. The first-order valence-electron chi connectivity index (χ1n) is 7.94. The van der Waals surface area contributed by atoms with Crippen LogP contribution in [0.4, 0.5) is 0 Å². The average molecular weight is 288 g/mol. The van der Waals surface area contributed by atoms with Gasteiger partial charge in [-0.15, -0.1) is 0 Å². The van der Waals surface area contributed by atoms with Crippen molar-refractivity contribution in [1.82, 2.24) is 20.4 Å². The Morgan fingerprint density at radius 2 is 1.10 bits per heavy atom. The third-order valence-electron chi connectivity index (χ3n) is 3.70. The van der Waals surface area contributed by atoms with E-state index >= 15 is 0 Å². The summed E-state index contributed by atoms with van der Waals surface area (Å²) in [6.45, 7) is 10.00. The largest absolute Gasteiger partial charge is 0.395 e. The summed E-state index contributed by atoms with van der Waals surface area (Å²) in [6, 6.07) is 0. The van der Waals surface area contributed by atoms with Gasteiger partial charge in [-0.3, -0.25) is 9.80 Å². The number of nitrogens with one attached hydrogen (secondary N) is 2. The lowest BCUT2D eigenvalue weighted by atomic mass is 10.3. The number of nitrogens with zero attached hydrogens (tertiary/aromatic N) is 2. The van der Waals surface area contributed by atoms with E-state index in [9.17, 15) is 0 Å². The van der Waals surface area contributed by atoms with Gasteiger partial charge in [0.1, 0.15) is 0 Å². The molecule has 0 saturated carbocycles. The van der Waals surface area contributed by atoms with Gasteiger partial charge in [0, 0.05) is 39.3 Å². The van der Waals surface area contributed by atoms with Crippen molar-refractivity contribution in [3.63, 3.8) is 0 Å². The molecular formula is C14H32N4O2. The highest BCUT2D eigenvalue weighted by atomic mass is 16.3. The Bertz CT molecular complexity index is 197. The van der Waals surface area contributed by atoms with E-state index in [-0.39, 0.29) is 13.2 Å². The molecule has 0 spiro atoms. The SMILES string of the molecule is OCCN1CCCNCCNCCCN(CCO)CC1. The van der Waals surface area contributed by atoms with Crippen molar-refractivity contribution >= 4 is 0 Å². The normalized spacial score (nSPS) is 22.5. The van der Waals surface area contributed by atoms with Crippen LogP contribution < -0.4 is 10.6 Å². The van der Waals surface area contributed by atoms with Gasteiger partial charge in [0.15, 0.2) is 0 Å². The Morgan fingerprint density at radius 1 is 0.650 bits per heavy atom. The molecule has 1 heterocycles. The van der Waals surface area contributed by atoms with Crippen molar-refractivity contribution in [2.75, 3.05) is 78.7 Å². The molecule has 0 unspecified atom stereocenters. The maximum absolute atomic E-state index is 9.14. The van der Waals surface area contributed by atoms with Gasteiger partial charge in [-0.2, -0.15) is 0 Å². The molecule has 1 saturated heterocycles. The third-order valence-corrected chi connectivity index (χ3v) is 3.70. The Hall–Kier alpha value is -0.240. The summed E-state index contributed by atoms with van der Waals surface area (Å²) in [5, 5.41) is 25.2. The molecule has 1 aliphatic rings. The highest BCUT2D eigenvalue weighted by molar-refractivity contribution is 4.66. The molecule has 0 amide bonds. The number of rotatable bonds is 4. The lowest BCUT2D eigenvalue weighted by Gasteiger charge is -2.27. The summed E-state index contributed by atoms with van der Waals surface area (Å²) < 4.78 is 0. The number of aliphatic hydroxyl groups is 2. The molecule has 1 rings (SSSR count). The topological polar surface area (TPSA) is 71.0 Å². The van der Waals surface area contributed by atoms with Crippen LogP contribution in [-0.4, -0.2) is 98.7 Å². The lowest BCUT2D eigenvalue weighted by molar-refractivity contribution is 0.149. The van der Waals surface area contributed by atoms with Gasteiger partial charge in [-0.1, -0.05) is 0 Å². The predicted octanol–water partition coefficient (Wildman–Crippen LogP) is -1.45. The zero-order chi connectivity index (χ0) is 14.5. The molecule has 6 nitrogen and oxygen atoms in total. The van der Waals surface area contributed by atoms with E-state index in [1.54, 1.807) is 0 Å². The van der Waals surface area contributed by atoms with Crippen LogP contribution in [0.2, 0.25) is 0 Å². The predicted molar refractivity (Wildman–Crippen MR) is 82.0 cm³/mol. The summed E-state index contributed by atoms with van der Waals surface area (Å²) in [5.41, 5.74) is 0. The smallest absolute Gasteiger partial charge is 0.0558 e. The Kier molecular flexibility index (Phi) is 11.1. The van der Waals surface area contributed by atoms with E-state index in [1.165, 1.54) is 0 Å². The van der Waals surface area contributed by atoms with Gasteiger partial charge in [-0.05, 0) is 39.0 Å². The Morgan fingerprint density at radius 3 is 1.50 bits per heavy atom. The standard InChI is InChI=1S/C14H32N4O2/c19-13-11-17-7-1-3-15-5-6-16-4-2-8-18(10-9-17)12-14-20/h15-16,19-20H,1-14H2. The van der Waals surface area contributed by atoms with Gasteiger partial charge in [-0.25, -0.2) is 0 Å². The van der Waals surface area contributed by atoms with E-state index in [0.717, 1.165) is 78.3 Å². The fourth-order valence-electron chi connectivity index (χ4n) is 2.52. The molecule has 0 aromatic rings. The van der Waals surface area contributed by atoms with Crippen LogP contribution in [-0.2, 0) is 0 Å². The quantitative estimate of drug-likeness (QED) is 0.507. The van der Waals surface area contributed by atoms with Crippen molar-refractivity contribution in [3.05, 3.63) is 0 Å². The van der Waals surface area contributed by atoms with E-state index in [4.69, 9.17) is 10.2 Å². The highest BCUT2D eigenvalue weighted by Gasteiger charge is 2.09. The van der Waals surface area contributed by atoms with Crippen LogP contribution in [0.5, 0.6) is 0 Å². The fourth-order valence-corrected chi connectivity index (χ4v) is 2.52. The molecule has 0 aromatic carbocycles. The van der Waals surface area contributed by atoms with Crippen LogP contribution in [0.1, 0.15) is 12.8 Å². The maximum atomic E-state index is 9.14. The highest BCUT2D eigenvalue weighted by Crippen LogP contribution is 1.96. The van der Waals surface area contributed by atoms with E-state index in [1.807, 2.05) is 0 Å². The molecule has 0 radical (unpaired) electrons. The maximum Gasteiger partial charge on any atom is 0.0558 e. The van der Waals surface area contributed by atoms with Gasteiger partial charge in [0.2, 0.25) is 0 Å². The Balaban J connectivity index is 2.39. The first-order chi connectivity index (χ1) is 9.86. The molecular weight excluding hydrogens is 256 g/mol. The first kappa shape index (κ1) is 17.8. The lowest BCUT2D eigenvalue weighted by Crippen LogP contribution is -2.40. The first-order valence-corrected chi connectivity index (χ1v) is 7.94. The number of hydrogen-bond donors (Lipinski definition) is 4. The van der Waals surface area contributed by atoms with Gasteiger partial charge in [0.05, 0.1) is 13.2 Å². The minimum Gasteiger partial charge on any atom is -0.395 e. The molecule has 6 heteroatoms. The van der Waals surface area contributed by atoms with Gasteiger partial charge in [0.25, 0.3) is 0 Å². The zero-order valence-corrected chi connectivity index (χ0v) is 12.7. The molecule has 0 aromatic heterocycles. The summed E-state index contributed by atoms with van der Waals surface area (Å²) >= 11 is 0. The van der Waals surface area contributed by atoms with Crippen molar-refractivity contribution in [2.24, 2.45) is 0 Å². The van der Waals surface area contributed by atoms with Gasteiger partial charge >= 0.3 is 0 Å². The Labute approximate surface area is 123 Å². The second-order valence-electron chi connectivity index (χ2n) is 5.34. The van der Waals surface area contributed by atoms with Crippen molar-refractivity contribution in [2.45, 2.75) is 12.8 Å². The summed E-state index contributed by atoms with van der Waals surface area (Å²) in [7, 11) is 0. The van der Waals surface area contributed by atoms with Crippen molar-refractivity contribution in [3.8, 4) is 0 Å². The third kappa shape index (κ3) is 8.84. The van der Waals surface area contributed by atoms with Crippen molar-refractivity contribution < 1.29 is 10.2 Å². The molecule has 1 fully saturated rings. The minimum absolute atomic E-state index is 0.220.